The van der Waals surface area contributed by atoms with E-state index in [4.69, 9.17) is 19.7 Å². The van der Waals surface area contributed by atoms with E-state index in [0.29, 0.717) is 19.0 Å². The van der Waals surface area contributed by atoms with Crippen molar-refractivity contribution < 1.29 is 14.3 Å². The van der Waals surface area contributed by atoms with Gasteiger partial charge in [-0.2, -0.15) is 10.2 Å². The molecule has 5 rings (SSSR count). The Bertz CT molecular complexity index is 1190. The standard InChI is InChI=1S/C25H33N5O3/c1-15-24-21(28-29(15)5)8-17(9-22(24)33-16(2)18-10-23(31)26-12-18)19-13-27-30(14-19)20-6-7-32-25(3,4)11-20/h8-9,13-14,16,18,20H,6-7,10-12H2,1-5H3,(H,26,31)/t16?,18-,20-/m1/s1. The lowest BCUT2D eigenvalue weighted by Crippen LogP contribution is -2.35. The fourth-order valence-corrected chi connectivity index (χ4v) is 5.07. The molecule has 3 aromatic rings. The maximum absolute atomic E-state index is 11.7. The number of ether oxygens (including phenoxy) is 2. The van der Waals surface area contributed by atoms with Gasteiger partial charge in [0.25, 0.3) is 0 Å². The van der Waals surface area contributed by atoms with Crippen molar-refractivity contribution in [2.75, 3.05) is 13.2 Å². The van der Waals surface area contributed by atoms with E-state index >= 15 is 0 Å². The summed E-state index contributed by atoms with van der Waals surface area (Å²) in [6.07, 6.45) is 6.36. The number of nitrogens with one attached hydrogen (secondary N) is 1. The van der Waals surface area contributed by atoms with Gasteiger partial charge in [0.05, 0.1) is 28.7 Å². The number of rotatable bonds is 5. The Balaban J connectivity index is 1.48. The summed E-state index contributed by atoms with van der Waals surface area (Å²) in [5.41, 5.74) is 3.89. The van der Waals surface area contributed by atoms with Gasteiger partial charge < -0.3 is 14.8 Å². The van der Waals surface area contributed by atoms with Crippen LogP contribution in [0.15, 0.2) is 24.5 Å². The smallest absolute Gasteiger partial charge is 0.220 e. The molecule has 2 aliphatic heterocycles. The van der Waals surface area contributed by atoms with Gasteiger partial charge in [0.2, 0.25) is 5.91 Å². The van der Waals surface area contributed by atoms with Gasteiger partial charge in [0, 0.05) is 50.0 Å². The minimum Gasteiger partial charge on any atom is -0.490 e. The topological polar surface area (TPSA) is 83.2 Å². The van der Waals surface area contributed by atoms with E-state index in [-0.39, 0.29) is 23.5 Å². The molecule has 2 saturated heterocycles. The highest BCUT2D eigenvalue weighted by Gasteiger charge is 2.31. The van der Waals surface area contributed by atoms with Crippen LogP contribution >= 0.6 is 0 Å². The zero-order valence-electron chi connectivity index (χ0n) is 20.1. The van der Waals surface area contributed by atoms with Gasteiger partial charge in [0.1, 0.15) is 11.9 Å². The normalized spacial score (nSPS) is 23.6. The van der Waals surface area contributed by atoms with Crippen molar-refractivity contribution in [3.8, 4) is 16.9 Å². The van der Waals surface area contributed by atoms with Crippen LogP contribution < -0.4 is 10.1 Å². The van der Waals surface area contributed by atoms with Gasteiger partial charge in [-0.3, -0.25) is 14.2 Å². The van der Waals surface area contributed by atoms with Gasteiger partial charge in [0.15, 0.2) is 0 Å². The van der Waals surface area contributed by atoms with Crippen molar-refractivity contribution in [2.24, 2.45) is 13.0 Å². The Morgan fingerprint density at radius 1 is 1.30 bits per heavy atom. The van der Waals surface area contributed by atoms with E-state index in [0.717, 1.165) is 52.9 Å². The van der Waals surface area contributed by atoms with E-state index in [1.807, 2.05) is 24.9 Å². The summed E-state index contributed by atoms with van der Waals surface area (Å²) in [6, 6.07) is 4.52. The summed E-state index contributed by atoms with van der Waals surface area (Å²) < 4.78 is 16.3. The first kappa shape index (κ1) is 21.9. The predicted molar refractivity (Wildman–Crippen MR) is 126 cm³/mol. The molecule has 1 unspecified atom stereocenters. The van der Waals surface area contributed by atoms with Gasteiger partial charge >= 0.3 is 0 Å². The quantitative estimate of drug-likeness (QED) is 0.638. The molecule has 4 heterocycles. The third-order valence-corrected chi connectivity index (χ3v) is 7.15. The highest BCUT2D eigenvalue weighted by Crippen LogP contribution is 2.37. The summed E-state index contributed by atoms with van der Waals surface area (Å²) in [5.74, 6) is 1.06. The van der Waals surface area contributed by atoms with Gasteiger partial charge in [-0.25, -0.2) is 0 Å². The van der Waals surface area contributed by atoms with Gasteiger partial charge in [-0.1, -0.05) is 0 Å². The van der Waals surface area contributed by atoms with Crippen LogP contribution in [0.2, 0.25) is 0 Å². The summed E-state index contributed by atoms with van der Waals surface area (Å²) >= 11 is 0. The molecule has 176 valence electrons. The average molecular weight is 452 g/mol. The van der Waals surface area contributed by atoms with Crippen LogP contribution in [0, 0.1) is 12.8 Å². The third-order valence-electron chi connectivity index (χ3n) is 7.15. The van der Waals surface area contributed by atoms with Crippen molar-refractivity contribution in [3.05, 3.63) is 30.2 Å². The fourth-order valence-electron chi connectivity index (χ4n) is 5.07. The number of carbonyl (C=O) groups excluding carboxylic acids is 1. The van der Waals surface area contributed by atoms with Crippen molar-refractivity contribution in [1.82, 2.24) is 24.9 Å². The second kappa shape index (κ2) is 8.17. The minimum atomic E-state index is -0.132. The lowest BCUT2D eigenvalue weighted by atomic mass is 9.94. The lowest BCUT2D eigenvalue weighted by molar-refractivity contribution is -0.119. The average Bonchev–Trinajstić information content (AvgIpc) is 3.47. The fraction of sp³-hybridized carbons (Fsp3) is 0.560. The summed E-state index contributed by atoms with van der Waals surface area (Å²) in [7, 11) is 1.95. The molecule has 0 spiro atoms. The monoisotopic (exact) mass is 451 g/mol. The van der Waals surface area contributed by atoms with E-state index in [1.165, 1.54) is 0 Å². The molecule has 0 radical (unpaired) electrons. The Morgan fingerprint density at radius 3 is 2.85 bits per heavy atom. The van der Waals surface area contributed by atoms with Crippen LogP contribution in [0.3, 0.4) is 0 Å². The first-order valence-electron chi connectivity index (χ1n) is 11.8. The zero-order chi connectivity index (χ0) is 23.3. The van der Waals surface area contributed by atoms with Crippen LogP contribution in [0.5, 0.6) is 5.75 Å². The molecule has 8 heteroatoms. The highest BCUT2D eigenvalue weighted by atomic mass is 16.5. The van der Waals surface area contributed by atoms with Crippen molar-refractivity contribution in [1.29, 1.82) is 0 Å². The summed E-state index contributed by atoms with van der Waals surface area (Å²) in [5, 5.41) is 13.3. The number of benzene rings is 1. The number of carbonyl (C=O) groups is 1. The molecular weight excluding hydrogens is 418 g/mol. The van der Waals surface area contributed by atoms with Crippen molar-refractivity contribution in [3.63, 3.8) is 0 Å². The third kappa shape index (κ3) is 4.24. The molecule has 0 saturated carbocycles. The molecular formula is C25H33N5O3. The van der Waals surface area contributed by atoms with E-state index in [9.17, 15) is 4.79 Å². The van der Waals surface area contributed by atoms with E-state index < -0.39 is 0 Å². The van der Waals surface area contributed by atoms with E-state index in [2.05, 4.69) is 49.1 Å². The number of hydrogen-bond acceptors (Lipinski definition) is 5. The molecule has 2 fully saturated rings. The highest BCUT2D eigenvalue weighted by molar-refractivity contribution is 5.92. The summed E-state index contributed by atoms with van der Waals surface area (Å²) in [6.45, 7) is 9.78. The number of nitrogens with zero attached hydrogens (tertiary/aromatic N) is 4. The molecule has 1 N–H and O–H groups in total. The van der Waals surface area contributed by atoms with Gasteiger partial charge in [-0.05, 0) is 58.2 Å². The minimum absolute atomic E-state index is 0.0887. The van der Waals surface area contributed by atoms with Crippen LogP contribution in [-0.2, 0) is 16.6 Å². The number of amides is 1. The SMILES string of the molecule is Cc1c2c(OC(C)[C@H]3CNC(=O)C3)cc(-c3cnn([C@@H]4CCOC(C)(C)C4)c3)cc2nn1C. The first-order valence-corrected chi connectivity index (χ1v) is 11.8. The van der Waals surface area contributed by atoms with Crippen LogP contribution in [0.1, 0.15) is 51.8 Å². The number of fused-ring (bicyclic) bond motifs is 1. The first-order chi connectivity index (χ1) is 15.7. The van der Waals surface area contributed by atoms with Crippen molar-refractivity contribution >= 4 is 16.8 Å². The molecule has 1 amide bonds. The van der Waals surface area contributed by atoms with Crippen LogP contribution in [-0.4, -0.2) is 50.3 Å². The lowest BCUT2D eigenvalue weighted by Gasteiger charge is -2.35. The second-order valence-electron chi connectivity index (χ2n) is 10.1. The zero-order valence-corrected chi connectivity index (χ0v) is 20.1. The van der Waals surface area contributed by atoms with Gasteiger partial charge in [-0.15, -0.1) is 0 Å². The Kier molecular flexibility index (Phi) is 5.43. The van der Waals surface area contributed by atoms with Crippen LogP contribution in [0.4, 0.5) is 0 Å². The number of aryl methyl sites for hydroxylation is 2. The van der Waals surface area contributed by atoms with Crippen LogP contribution in [0.25, 0.3) is 22.0 Å². The van der Waals surface area contributed by atoms with E-state index in [1.54, 1.807) is 0 Å². The number of hydrogen-bond donors (Lipinski definition) is 1. The second-order valence-corrected chi connectivity index (χ2v) is 10.1. The van der Waals surface area contributed by atoms with Crippen molar-refractivity contribution in [2.45, 2.75) is 64.7 Å². The summed E-state index contributed by atoms with van der Waals surface area (Å²) in [4.78, 5) is 11.7. The maximum atomic E-state index is 11.7. The molecule has 3 atom stereocenters. The molecule has 0 bridgehead atoms. The molecule has 8 nitrogen and oxygen atoms in total. The Hall–Kier alpha value is -2.87. The Morgan fingerprint density at radius 2 is 2.12 bits per heavy atom. The molecule has 2 aliphatic rings. The number of aromatic nitrogens is 4. The Labute approximate surface area is 194 Å². The predicted octanol–water partition coefficient (Wildman–Crippen LogP) is 3.78. The largest absolute Gasteiger partial charge is 0.490 e. The maximum Gasteiger partial charge on any atom is 0.220 e. The molecule has 2 aromatic heterocycles. The molecule has 0 aliphatic carbocycles. The molecule has 1 aromatic carbocycles. The molecule has 33 heavy (non-hydrogen) atoms.